The SMILES string of the molecule is CC(C)(C)[C@@H]1OC(=O)[C@H](Cc2ccccc2)N1C(=O)c1ccccc1. The lowest BCUT2D eigenvalue weighted by atomic mass is 9.92. The number of carbonyl (C=O) groups is 2. The summed E-state index contributed by atoms with van der Waals surface area (Å²) < 4.78 is 5.63. The van der Waals surface area contributed by atoms with E-state index in [0.717, 1.165) is 5.56 Å². The van der Waals surface area contributed by atoms with E-state index < -0.39 is 12.3 Å². The maximum absolute atomic E-state index is 13.1. The van der Waals surface area contributed by atoms with E-state index in [1.165, 1.54) is 0 Å². The molecule has 0 radical (unpaired) electrons. The number of benzene rings is 2. The molecule has 1 saturated heterocycles. The molecule has 0 N–H and O–H groups in total. The van der Waals surface area contributed by atoms with E-state index in [4.69, 9.17) is 4.74 Å². The van der Waals surface area contributed by atoms with Crippen LogP contribution in [0.15, 0.2) is 60.7 Å². The molecule has 25 heavy (non-hydrogen) atoms. The molecular formula is C21H23NO3. The molecule has 3 rings (SSSR count). The van der Waals surface area contributed by atoms with Gasteiger partial charge < -0.3 is 4.74 Å². The number of rotatable bonds is 3. The minimum Gasteiger partial charge on any atom is -0.439 e. The van der Waals surface area contributed by atoms with Gasteiger partial charge in [-0.05, 0) is 17.7 Å². The third-order valence-electron chi connectivity index (χ3n) is 4.36. The fourth-order valence-electron chi connectivity index (χ4n) is 3.11. The summed E-state index contributed by atoms with van der Waals surface area (Å²) in [6, 6.07) is 18.2. The van der Waals surface area contributed by atoms with Gasteiger partial charge in [-0.15, -0.1) is 0 Å². The average Bonchev–Trinajstić information content (AvgIpc) is 2.93. The molecule has 0 saturated carbocycles. The topological polar surface area (TPSA) is 46.6 Å². The lowest BCUT2D eigenvalue weighted by Gasteiger charge is -2.34. The van der Waals surface area contributed by atoms with Crippen LogP contribution >= 0.6 is 0 Å². The first-order valence-corrected chi connectivity index (χ1v) is 8.50. The van der Waals surface area contributed by atoms with E-state index >= 15 is 0 Å². The van der Waals surface area contributed by atoms with Gasteiger partial charge in [0.05, 0.1) is 0 Å². The number of ether oxygens (including phenoxy) is 1. The molecule has 0 bridgehead atoms. The third-order valence-corrected chi connectivity index (χ3v) is 4.36. The Bertz CT molecular complexity index is 750. The summed E-state index contributed by atoms with van der Waals surface area (Å²) in [5.41, 5.74) is 1.20. The van der Waals surface area contributed by atoms with Crippen LogP contribution in [0.1, 0.15) is 36.7 Å². The number of amides is 1. The summed E-state index contributed by atoms with van der Waals surface area (Å²) in [6.07, 6.45) is -0.133. The molecule has 1 heterocycles. The maximum atomic E-state index is 13.1. The molecule has 4 nitrogen and oxygen atoms in total. The number of carbonyl (C=O) groups excluding carboxylic acids is 2. The fourth-order valence-corrected chi connectivity index (χ4v) is 3.11. The van der Waals surface area contributed by atoms with E-state index in [0.29, 0.717) is 12.0 Å². The van der Waals surface area contributed by atoms with Gasteiger partial charge in [-0.2, -0.15) is 0 Å². The van der Waals surface area contributed by atoms with Crippen LogP contribution in [0.5, 0.6) is 0 Å². The second kappa shape index (κ2) is 6.71. The van der Waals surface area contributed by atoms with Gasteiger partial charge in [-0.1, -0.05) is 69.3 Å². The van der Waals surface area contributed by atoms with Crippen molar-refractivity contribution in [2.45, 2.75) is 39.5 Å². The minimum absolute atomic E-state index is 0.174. The predicted octanol–water partition coefficient (Wildman–Crippen LogP) is 3.67. The van der Waals surface area contributed by atoms with Gasteiger partial charge in [0, 0.05) is 17.4 Å². The van der Waals surface area contributed by atoms with Crippen molar-refractivity contribution >= 4 is 11.9 Å². The molecule has 4 heteroatoms. The summed E-state index contributed by atoms with van der Waals surface area (Å²) in [5.74, 6) is -0.514. The fraction of sp³-hybridized carbons (Fsp3) is 0.333. The van der Waals surface area contributed by atoms with E-state index in [-0.39, 0.29) is 17.3 Å². The van der Waals surface area contributed by atoms with Crippen LogP contribution < -0.4 is 0 Å². The highest BCUT2D eigenvalue weighted by molar-refractivity contribution is 5.98. The van der Waals surface area contributed by atoms with Gasteiger partial charge in [0.25, 0.3) is 5.91 Å². The molecular weight excluding hydrogens is 314 g/mol. The number of hydrogen-bond acceptors (Lipinski definition) is 3. The Morgan fingerprint density at radius 1 is 1.00 bits per heavy atom. The van der Waals surface area contributed by atoms with Gasteiger partial charge in [-0.3, -0.25) is 9.69 Å². The third kappa shape index (κ3) is 3.58. The van der Waals surface area contributed by atoms with Gasteiger partial charge in [0.15, 0.2) is 6.23 Å². The quantitative estimate of drug-likeness (QED) is 0.803. The first-order chi connectivity index (χ1) is 11.9. The first kappa shape index (κ1) is 17.2. The van der Waals surface area contributed by atoms with E-state index in [1.807, 2.05) is 69.3 Å². The molecule has 1 aliphatic rings. The van der Waals surface area contributed by atoms with Gasteiger partial charge in [0.1, 0.15) is 6.04 Å². The van der Waals surface area contributed by atoms with Crippen LogP contribution in [-0.2, 0) is 16.0 Å². The van der Waals surface area contributed by atoms with Gasteiger partial charge >= 0.3 is 5.97 Å². The van der Waals surface area contributed by atoms with Crippen LogP contribution in [0, 0.1) is 5.41 Å². The molecule has 2 aromatic carbocycles. The Labute approximate surface area is 148 Å². The van der Waals surface area contributed by atoms with Crippen molar-refractivity contribution in [1.29, 1.82) is 0 Å². The van der Waals surface area contributed by atoms with Crippen molar-refractivity contribution in [3.05, 3.63) is 71.8 Å². The number of hydrogen-bond donors (Lipinski definition) is 0. The lowest BCUT2D eigenvalue weighted by Crippen LogP contribution is -2.48. The smallest absolute Gasteiger partial charge is 0.331 e. The highest BCUT2D eigenvalue weighted by Crippen LogP contribution is 2.34. The van der Waals surface area contributed by atoms with Gasteiger partial charge in [-0.25, -0.2) is 4.79 Å². The van der Waals surface area contributed by atoms with Crippen molar-refractivity contribution in [2.75, 3.05) is 0 Å². The number of nitrogens with zero attached hydrogens (tertiary/aromatic N) is 1. The Kier molecular flexibility index (Phi) is 4.62. The second-order valence-electron chi connectivity index (χ2n) is 7.44. The minimum atomic E-state index is -0.612. The summed E-state index contributed by atoms with van der Waals surface area (Å²) in [4.78, 5) is 27.3. The van der Waals surface area contributed by atoms with Crippen LogP contribution in [-0.4, -0.2) is 29.0 Å². The monoisotopic (exact) mass is 337 g/mol. The first-order valence-electron chi connectivity index (χ1n) is 8.50. The zero-order chi connectivity index (χ0) is 18.0. The molecule has 130 valence electrons. The molecule has 0 aliphatic carbocycles. The van der Waals surface area contributed by atoms with Crippen LogP contribution in [0.3, 0.4) is 0 Å². The van der Waals surface area contributed by atoms with E-state index in [1.54, 1.807) is 17.0 Å². The van der Waals surface area contributed by atoms with Crippen molar-refractivity contribution in [3.8, 4) is 0 Å². The maximum Gasteiger partial charge on any atom is 0.331 e. The van der Waals surface area contributed by atoms with Crippen molar-refractivity contribution in [2.24, 2.45) is 5.41 Å². The van der Waals surface area contributed by atoms with Gasteiger partial charge in [0.2, 0.25) is 0 Å². The zero-order valence-corrected chi connectivity index (χ0v) is 14.8. The molecule has 2 aromatic rings. The molecule has 1 aliphatic heterocycles. The number of cyclic esters (lactones) is 1. The Balaban J connectivity index is 1.96. The summed E-state index contributed by atoms with van der Waals surface area (Å²) in [7, 11) is 0. The summed E-state index contributed by atoms with van der Waals surface area (Å²) in [5, 5.41) is 0. The lowest BCUT2D eigenvalue weighted by molar-refractivity contribution is -0.147. The van der Waals surface area contributed by atoms with Crippen molar-refractivity contribution in [3.63, 3.8) is 0 Å². The Morgan fingerprint density at radius 2 is 1.56 bits per heavy atom. The highest BCUT2D eigenvalue weighted by atomic mass is 16.6. The highest BCUT2D eigenvalue weighted by Gasteiger charge is 2.49. The largest absolute Gasteiger partial charge is 0.439 e. The van der Waals surface area contributed by atoms with Crippen LogP contribution in [0.4, 0.5) is 0 Å². The summed E-state index contributed by atoms with van der Waals surface area (Å²) >= 11 is 0. The van der Waals surface area contributed by atoms with Crippen LogP contribution in [0.2, 0.25) is 0 Å². The Morgan fingerprint density at radius 3 is 2.12 bits per heavy atom. The number of esters is 1. The normalized spacial score (nSPS) is 20.4. The predicted molar refractivity (Wildman–Crippen MR) is 95.9 cm³/mol. The van der Waals surface area contributed by atoms with E-state index in [2.05, 4.69) is 0 Å². The van der Waals surface area contributed by atoms with Crippen molar-refractivity contribution < 1.29 is 14.3 Å². The molecule has 1 amide bonds. The summed E-state index contributed by atoms with van der Waals surface area (Å²) in [6.45, 7) is 5.92. The van der Waals surface area contributed by atoms with E-state index in [9.17, 15) is 9.59 Å². The standard InChI is InChI=1S/C21H23NO3/c1-21(2,3)20-22(18(23)16-12-8-5-9-13-16)17(19(24)25-20)14-15-10-6-4-7-11-15/h4-13,17,20H,14H2,1-3H3/t17-,20-/m0/s1. The molecule has 0 unspecified atom stereocenters. The second-order valence-corrected chi connectivity index (χ2v) is 7.44. The van der Waals surface area contributed by atoms with Crippen LogP contribution in [0.25, 0.3) is 0 Å². The molecule has 0 spiro atoms. The molecule has 2 atom stereocenters. The molecule has 1 fully saturated rings. The average molecular weight is 337 g/mol. The molecule has 0 aromatic heterocycles. The Hall–Kier alpha value is -2.62. The zero-order valence-electron chi connectivity index (χ0n) is 14.8. The van der Waals surface area contributed by atoms with Crippen molar-refractivity contribution in [1.82, 2.24) is 4.90 Å².